The lowest BCUT2D eigenvalue weighted by Crippen LogP contribution is -2.37. The minimum absolute atomic E-state index is 0.0558. The number of hydrogen-bond donors (Lipinski definition) is 1. The molecule has 1 aliphatic heterocycles. The minimum atomic E-state index is -0.237. The van der Waals surface area contributed by atoms with E-state index in [0.29, 0.717) is 24.4 Å². The van der Waals surface area contributed by atoms with Gasteiger partial charge in [0.1, 0.15) is 12.3 Å². The fourth-order valence-corrected chi connectivity index (χ4v) is 4.99. The van der Waals surface area contributed by atoms with Crippen LogP contribution in [0.25, 0.3) is 5.65 Å². The molecule has 0 spiro atoms. The molecule has 0 atom stereocenters. The number of aromatic nitrogens is 4. The number of methoxy groups -OCH3 is 1. The summed E-state index contributed by atoms with van der Waals surface area (Å²) in [5.74, 6) is 1.51. The van der Waals surface area contributed by atoms with Crippen molar-refractivity contribution < 1.29 is 14.3 Å². The van der Waals surface area contributed by atoms with Crippen molar-refractivity contribution in [3.8, 4) is 5.75 Å². The highest BCUT2D eigenvalue weighted by Gasteiger charge is 2.27. The number of nitrogens with one attached hydrogen (secondary N) is 1. The number of hydrogen-bond acceptors (Lipinski definition) is 8. The van der Waals surface area contributed by atoms with Crippen molar-refractivity contribution >= 4 is 22.9 Å². The van der Waals surface area contributed by atoms with E-state index in [2.05, 4.69) is 49.5 Å². The van der Waals surface area contributed by atoms with E-state index in [0.717, 1.165) is 60.1 Å². The molecular weight excluding hydrogens is 482 g/mol. The van der Waals surface area contributed by atoms with Crippen LogP contribution in [0.2, 0.25) is 0 Å². The average Bonchev–Trinajstić information content (AvgIpc) is 3.21. The molecule has 206 valence electrons. The largest absolute Gasteiger partial charge is 0.494 e. The third-order valence-electron chi connectivity index (χ3n) is 7.40. The molecule has 38 heavy (non-hydrogen) atoms. The first-order chi connectivity index (χ1) is 18.0. The molecule has 3 aromatic rings. The topological polar surface area (TPSA) is 101 Å². The number of aryl methyl sites for hydroxylation is 1. The summed E-state index contributed by atoms with van der Waals surface area (Å²) in [6.45, 7) is 18.8. The average molecular weight is 524 g/mol. The molecule has 3 heterocycles. The summed E-state index contributed by atoms with van der Waals surface area (Å²) in [4.78, 5) is 18.1. The third kappa shape index (κ3) is 5.01. The summed E-state index contributed by atoms with van der Waals surface area (Å²) in [6.07, 6.45) is 0. The first-order valence-corrected chi connectivity index (χ1v) is 13.4. The second-order valence-corrected chi connectivity index (χ2v) is 10.8. The summed E-state index contributed by atoms with van der Waals surface area (Å²) in [5.41, 5.74) is 4.85. The molecule has 10 nitrogen and oxygen atoms in total. The molecule has 1 saturated heterocycles. The van der Waals surface area contributed by atoms with E-state index in [1.807, 2.05) is 26.0 Å². The summed E-state index contributed by atoms with van der Waals surface area (Å²) in [5, 5.41) is 18.2. The number of ether oxygens (including phenoxy) is 2. The molecule has 0 saturated carbocycles. The van der Waals surface area contributed by atoms with E-state index in [1.54, 1.807) is 7.11 Å². The lowest BCUT2D eigenvalue weighted by atomic mass is 9.84. The van der Waals surface area contributed by atoms with Crippen LogP contribution < -0.4 is 20.2 Å². The Balaban J connectivity index is 1.78. The number of Topliss-reactive ketones (excluding diaryl/α,β-unsaturated/α-hetero) is 1. The molecule has 1 aromatic carbocycles. The third-order valence-corrected chi connectivity index (χ3v) is 7.40. The lowest BCUT2D eigenvalue weighted by Gasteiger charge is -2.33. The zero-order chi connectivity index (χ0) is 27.8. The van der Waals surface area contributed by atoms with Crippen LogP contribution in [0.1, 0.15) is 61.7 Å². The van der Waals surface area contributed by atoms with Crippen LogP contribution in [0.15, 0.2) is 12.1 Å². The van der Waals surface area contributed by atoms with E-state index in [4.69, 9.17) is 20.0 Å². The maximum Gasteiger partial charge on any atom is 0.242 e. The number of carbonyl (C=O) groups excluding carboxylic acids is 1. The van der Waals surface area contributed by atoms with Gasteiger partial charge in [0.2, 0.25) is 5.62 Å². The number of anilines is 2. The zero-order valence-electron chi connectivity index (χ0n) is 24.0. The van der Waals surface area contributed by atoms with Gasteiger partial charge in [-0.05, 0) is 45.2 Å². The number of ketones is 1. The number of nitrogens with zero attached hydrogens (tertiary/aromatic N) is 6. The van der Waals surface area contributed by atoms with Crippen molar-refractivity contribution in [2.75, 3.05) is 56.3 Å². The van der Waals surface area contributed by atoms with E-state index in [1.165, 1.54) is 9.20 Å². The minimum Gasteiger partial charge on any atom is -0.494 e. The molecule has 1 N–H and O–H groups in total. The van der Waals surface area contributed by atoms with Gasteiger partial charge in [-0.3, -0.25) is 10.2 Å². The van der Waals surface area contributed by atoms with Crippen molar-refractivity contribution in [2.45, 2.75) is 60.4 Å². The fraction of sp³-hybridized carbons (Fsp3) is 0.571. The molecule has 1 aliphatic rings. The Bertz CT molecular complexity index is 1390. The Kier molecular flexibility index (Phi) is 7.83. The van der Waals surface area contributed by atoms with Gasteiger partial charge in [0.15, 0.2) is 17.2 Å². The van der Waals surface area contributed by atoms with Crippen LogP contribution >= 0.6 is 0 Å². The van der Waals surface area contributed by atoms with Gasteiger partial charge in [-0.25, -0.2) is 4.68 Å². The molecule has 0 amide bonds. The van der Waals surface area contributed by atoms with Gasteiger partial charge in [0.25, 0.3) is 0 Å². The number of rotatable bonds is 8. The standard InChI is InChI=1S/C28H41N7O3/c1-9-32(10-2)25-18(3)19(4)26-30-34(27(29)35(26)31-25)17-23(36)20-15-21(28(5,6)7)24(37-8)22(16-20)33-11-13-38-14-12-33/h15-16,29H,9-14,17H2,1-8H3. The maximum atomic E-state index is 13.7. The van der Waals surface area contributed by atoms with E-state index >= 15 is 0 Å². The highest BCUT2D eigenvalue weighted by atomic mass is 16.5. The molecular formula is C28H41N7O3. The first kappa shape index (κ1) is 27.6. The molecule has 4 rings (SSSR count). The maximum absolute atomic E-state index is 13.7. The van der Waals surface area contributed by atoms with Crippen LogP contribution in [-0.4, -0.2) is 71.7 Å². The fourth-order valence-electron chi connectivity index (χ4n) is 4.99. The summed E-state index contributed by atoms with van der Waals surface area (Å²) in [6, 6.07) is 3.84. The quantitative estimate of drug-likeness (QED) is 0.451. The Labute approximate surface area is 224 Å². The first-order valence-electron chi connectivity index (χ1n) is 13.4. The zero-order valence-corrected chi connectivity index (χ0v) is 24.0. The number of fused-ring (bicyclic) bond motifs is 1. The number of benzene rings is 1. The molecule has 0 aliphatic carbocycles. The van der Waals surface area contributed by atoms with Crippen molar-refractivity contribution in [1.29, 1.82) is 5.41 Å². The smallest absolute Gasteiger partial charge is 0.242 e. The summed E-state index contributed by atoms with van der Waals surface area (Å²) >= 11 is 0. The molecule has 1 fully saturated rings. The second-order valence-electron chi connectivity index (χ2n) is 10.8. The van der Waals surface area contributed by atoms with Crippen molar-refractivity contribution in [3.63, 3.8) is 0 Å². The van der Waals surface area contributed by atoms with Gasteiger partial charge in [-0.1, -0.05) is 20.8 Å². The Morgan fingerprint density at radius 3 is 2.34 bits per heavy atom. The van der Waals surface area contributed by atoms with E-state index < -0.39 is 0 Å². The van der Waals surface area contributed by atoms with E-state index in [-0.39, 0.29) is 23.4 Å². The van der Waals surface area contributed by atoms with Gasteiger partial charge in [0.05, 0.1) is 26.0 Å². The van der Waals surface area contributed by atoms with Crippen molar-refractivity contribution in [1.82, 2.24) is 19.4 Å². The van der Waals surface area contributed by atoms with E-state index in [9.17, 15) is 4.79 Å². The highest BCUT2D eigenvalue weighted by Crippen LogP contribution is 2.40. The van der Waals surface area contributed by atoms with Gasteiger partial charge in [-0.15, -0.1) is 10.2 Å². The number of morpholine rings is 1. The van der Waals surface area contributed by atoms with Gasteiger partial charge in [-0.2, -0.15) is 4.52 Å². The van der Waals surface area contributed by atoms with Gasteiger partial charge in [0, 0.05) is 48.4 Å². The number of carbonyl (C=O) groups is 1. The molecule has 0 bridgehead atoms. The normalized spacial score (nSPS) is 14.3. The van der Waals surface area contributed by atoms with Crippen molar-refractivity contribution in [2.24, 2.45) is 0 Å². The highest BCUT2D eigenvalue weighted by molar-refractivity contribution is 5.97. The Hall–Kier alpha value is -3.40. The Morgan fingerprint density at radius 2 is 1.76 bits per heavy atom. The molecule has 2 aromatic heterocycles. The van der Waals surface area contributed by atoms with Crippen molar-refractivity contribution in [3.05, 3.63) is 40.0 Å². The predicted octanol–water partition coefficient (Wildman–Crippen LogP) is 3.50. The molecule has 0 radical (unpaired) electrons. The Morgan fingerprint density at radius 1 is 1.11 bits per heavy atom. The monoisotopic (exact) mass is 523 g/mol. The van der Waals surface area contributed by atoms with Gasteiger partial charge >= 0.3 is 0 Å². The summed E-state index contributed by atoms with van der Waals surface area (Å²) < 4.78 is 14.4. The van der Waals surface area contributed by atoms with Crippen LogP contribution in [0, 0.1) is 19.3 Å². The lowest BCUT2D eigenvalue weighted by molar-refractivity contribution is 0.0965. The second kappa shape index (κ2) is 10.8. The van der Waals surface area contributed by atoms with Crippen LogP contribution in [0.5, 0.6) is 5.75 Å². The molecule has 0 unspecified atom stereocenters. The predicted molar refractivity (Wildman–Crippen MR) is 149 cm³/mol. The van der Waals surface area contributed by atoms with Gasteiger partial charge < -0.3 is 19.3 Å². The molecule has 10 heteroatoms. The SMILES string of the molecule is CCN(CC)c1nn2c(=N)n(CC(=O)c3cc(N4CCOCC4)c(OC)c(C(C)(C)C)c3)nc2c(C)c1C. The van der Waals surface area contributed by atoms with Crippen LogP contribution in [0.4, 0.5) is 11.5 Å². The van der Waals surface area contributed by atoms with Crippen LogP contribution in [0.3, 0.4) is 0 Å². The summed E-state index contributed by atoms with van der Waals surface area (Å²) in [7, 11) is 1.68. The van der Waals surface area contributed by atoms with Crippen LogP contribution in [-0.2, 0) is 16.7 Å².